The third-order valence-electron chi connectivity index (χ3n) is 5.61. The summed E-state index contributed by atoms with van der Waals surface area (Å²) in [5, 5.41) is 2.79. The molecule has 9 heteroatoms. The normalized spacial score (nSPS) is 13.6. The second-order valence-corrected chi connectivity index (χ2v) is 8.23. The van der Waals surface area contributed by atoms with Crippen molar-refractivity contribution in [3.8, 4) is 11.1 Å². The van der Waals surface area contributed by atoms with E-state index in [4.69, 9.17) is 16.3 Å². The van der Waals surface area contributed by atoms with Crippen LogP contribution in [-0.2, 0) is 14.3 Å². The molecule has 1 saturated heterocycles. The fourth-order valence-corrected chi connectivity index (χ4v) is 4.04. The maximum atomic E-state index is 12.2. The molecule has 4 amide bonds. The second-order valence-electron chi connectivity index (χ2n) is 7.85. The van der Waals surface area contributed by atoms with Gasteiger partial charge >= 0.3 is 6.03 Å². The van der Waals surface area contributed by atoms with Crippen molar-refractivity contribution in [3.63, 3.8) is 0 Å². The van der Waals surface area contributed by atoms with Crippen LogP contribution in [0.2, 0.25) is 5.02 Å². The molecule has 1 fully saturated rings. The number of hydrogen-bond donors (Lipinski definition) is 1. The summed E-state index contributed by atoms with van der Waals surface area (Å²) in [7, 11) is 3.63. The summed E-state index contributed by atoms with van der Waals surface area (Å²) in [5.74, 6) is -0.280. The minimum absolute atomic E-state index is 0.240. The molecule has 0 spiro atoms. The van der Waals surface area contributed by atoms with E-state index in [0.717, 1.165) is 36.2 Å². The molecule has 0 atom stereocenters. The van der Waals surface area contributed by atoms with E-state index in [1.807, 2.05) is 43.4 Å². The molecule has 1 N–H and O–H groups in total. The van der Waals surface area contributed by atoms with E-state index in [1.54, 1.807) is 18.1 Å². The van der Waals surface area contributed by atoms with Gasteiger partial charge in [0.2, 0.25) is 12.3 Å². The number of methoxy groups -OCH3 is 1. The summed E-state index contributed by atoms with van der Waals surface area (Å²) in [6, 6.07) is 13.1. The Balaban J connectivity index is 1.66. The van der Waals surface area contributed by atoms with Crippen molar-refractivity contribution in [1.29, 1.82) is 0 Å². The monoisotopic (exact) mass is 472 g/mol. The van der Waals surface area contributed by atoms with E-state index < -0.39 is 6.03 Å². The number of nitrogens with zero attached hydrogens (tertiary/aromatic N) is 3. The molecule has 0 radical (unpaired) electrons. The summed E-state index contributed by atoms with van der Waals surface area (Å²) in [6.07, 6.45) is 1.94. The van der Waals surface area contributed by atoms with Crippen LogP contribution in [0.25, 0.3) is 11.1 Å². The van der Waals surface area contributed by atoms with Gasteiger partial charge in [-0.1, -0.05) is 35.9 Å². The largest absolute Gasteiger partial charge is 0.383 e. The predicted octanol–water partition coefficient (Wildman–Crippen LogP) is 3.38. The van der Waals surface area contributed by atoms with Crippen LogP contribution in [0.1, 0.15) is 12.8 Å². The van der Waals surface area contributed by atoms with Gasteiger partial charge in [-0.05, 0) is 30.2 Å². The Bertz CT molecular complexity index is 983. The third-order valence-corrected chi connectivity index (χ3v) is 6.01. The molecule has 2 aromatic carbocycles. The molecule has 1 aliphatic rings. The van der Waals surface area contributed by atoms with Crippen molar-refractivity contribution in [2.24, 2.45) is 0 Å². The molecule has 2 aromatic rings. The van der Waals surface area contributed by atoms with Gasteiger partial charge in [0.15, 0.2) is 0 Å². The molecule has 8 nitrogen and oxygen atoms in total. The molecule has 0 unspecified atom stereocenters. The Morgan fingerprint density at radius 2 is 1.88 bits per heavy atom. The molecular formula is C24H29ClN4O4. The van der Waals surface area contributed by atoms with Gasteiger partial charge in [0.25, 0.3) is 0 Å². The predicted molar refractivity (Wildman–Crippen MR) is 130 cm³/mol. The Hall–Kier alpha value is -3.10. The number of nitrogens with one attached hydrogen (secondary N) is 1. The van der Waals surface area contributed by atoms with Crippen molar-refractivity contribution >= 4 is 41.3 Å². The quantitative estimate of drug-likeness (QED) is 0.507. The number of amides is 4. The molecular weight excluding hydrogens is 444 g/mol. The number of carbonyl (C=O) groups excluding carboxylic acids is 3. The van der Waals surface area contributed by atoms with Gasteiger partial charge in [-0.25, -0.2) is 4.79 Å². The number of halogens is 1. The van der Waals surface area contributed by atoms with E-state index in [9.17, 15) is 14.4 Å². The van der Waals surface area contributed by atoms with Crippen molar-refractivity contribution < 1.29 is 19.1 Å². The van der Waals surface area contributed by atoms with Gasteiger partial charge in [0.1, 0.15) is 0 Å². The Kier molecular flexibility index (Phi) is 8.68. The molecule has 0 aromatic heterocycles. The number of ether oxygens (including phenoxy) is 1. The van der Waals surface area contributed by atoms with Gasteiger partial charge in [0, 0.05) is 58.0 Å². The summed E-state index contributed by atoms with van der Waals surface area (Å²) in [4.78, 5) is 40.1. The second kappa shape index (κ2) is 11.7. The number of imide groups is 1. The van der Waals surface area contributed by atoms with Crippen molar-refractivity contribution in [1.82, 2.24) is 10.2 Å². The van der Waals surface area contributed by atoms with Crippen LogP contribution in [0.3, 0.4) is 0 Å². The SMILES string of the molecule is COCCN(C=O)CCCN(C)c1ccc(-c2cccc(N3CCC(=O)NC3=O)c2Cl)cc1. The van der Waals surface area contributed by atoms with Gasteiger partial charge in [-0.3, -0.25) is 19.8 Å². The zero-order chi connectivity index (χ0) is 23.8. The first-order valence-corrected chi connectivity index (χ1v) is 11.2. The molecule has 0 aliphatic carbocycles. The maximum Gasteiger partial charge on any atom is 0.328 e. The van der Waals surface area contributed by atoms with E-state index in [0.29, 0.717) is 37.0 Å². The first-order valence-electron chi connectivity index (χ1n) is 10.8. The molecule has 1 aliphatic heterocycles. The Morgan fingerprint density at radius 1 is 1.12 bits per heavy atom. The van der Waals surface area contributed by atoms with E-state index in [2.05, 4.69) is 10.2 Å². The number of urea groups is 1. The highest BCUT2D eigenvalue weighted by atomic mass is 35.5. The lowest BCUT2D eigenvalue weighted by Gasteiger charge is -2.28. The Morgan fingerprint density at radius 3 is 2.55 bits per heavy atom. The minimum Gasteiger partial charge on any atom is -0.383 e. The van der Waals surface area contributed by atoms with Gasteiger partial charge < -0.3 is 14.5 Å². The molecule has 1 heterocycles. The molecule has 176 valence electrons. The minimum atomic E-state index is -0.461. The topological polar surface area (TPSA) is 82.2 Å². The summed E-state index contributed by atoms with van der Waals surface area (Å²) in [5.41, 5.74) is 3.37. The zero-order valence-corrected chi connectivity index (χ0v) is 19.7. The highest BCUT2D eigenvalue weighted by Crippen LogP contribution is 2.37. The lowest BCUT2D eigenvalue weighted by molar-refractivity contribution is -0.120. The van der Waals surface area contributed by atoms with Crippen molar-refractivity contribution in [2.45, 2.75) is 12.8 Å². The Labute approximate surface area is 199 Å². The number of benzene rings is 2. The smallest absolute Gasteiger partial charge is 0.328 e. The molecule has 33 heavy (non-hydrogen) atoms. The third kappa shape index (κ3) is 6.24. The standard InChI is InChI=1S/C24H29ClN4O4/c1-27(12-4-13-28(17-30)15-16-33-2)19-9-7-18(8-10-19)20-5-3-6-21(23(20)25)29-14-11-22(31)26-24(29)32/h3,5-10,17H,4,11-16H2,1-2H3,(H,26,31,32). The van der Waals surface area contributed by atoms with Gasteiger partial charge in [0.05, 0.1) is 17.3 Å². The molecule has 0 bridgehead atoms. The highest BCUT2D eigenvalue weighted by molar-refractivity contribution is 6.36. The fraction of sp³-hybridized carbons (Fsp3) is 0.375. The number of carbonyl (C=O) groups is 3. The molecule has 0 saturated carbocycles. The van der Waals surface area contributed by atoms with Crippen LogP contribution in [-0.4, -0.2) is 70.2 Å². The number of hydrogen-bond acceptors (Lipinski definition) is 5. The van der Waals surface area contributed by atoms with E-state index in [1.165, 1.54) is 4.90 Å². The van der Waals surface area contributed by atoms with Crippen molar-refractivity contribution in [2.75, 3.05) is 56.7 Å². The van der Waals surface area contributed by atoms with Crippen LogP contribution < -0.4 is 15.1 Å². The van der Waals surface area contributed by atoms with Crippen molar-refractivity contribution in [3.05, 3.63) is 47.5 Å². The van der Waals surface area contributed by atoms with E-state index >= 15 is 0 Å². The average molecular weight is 473 g/mol. The average Bonchev–Trinajstić information content (AvgIpc) is 2.82. The summed E-state index contributed by atoms with van der Waals surface area (Å²) >= 11 is 6.67. The highest BCUT2D eigenvalue weighted by Gasteiger charge is 2.26. The van der Waals surface area contributed by atoms with Crippen LogP contribution in [0.4, 0.5) is 16.2 Å². The summed E-state index contributed by atoms with van der Waals surface area (Å²) in [6.45, 7) is 2.89. The zero-order valence-electron chi connectivity index (χ0n) is 18.9. The lowest BCUT2D eigenvalue weighted by atomic mass is 10.0. The van der Waals surface area contributed by atoms with Crippen LogP contribution in [0.15, 0.2) is 42.5 Å². The first kappa shape index (κ1) is 24.5. The van der Waals surface area contributed by atoms with E-state index in [-0.39, 0.29) is 12.3 Å². The van der Waals surface area contributed by atoms with Gasteiger partial charge in [-0.15, -0.1) is 0 Å². The van der Waals surface area contributed by atoms with Gasteiger partial charge in [-0.2, -0.15) is 0 Å². The van der Waals surface area contributed by atoms with Crippen LogP contribution in [0.5, 0.6) is 0 Å². The maximum absolute atomic E-state index is 12.2. The van der Waals surface area contributed by atoms with Crippen LogP contribution in [0, 0.1) is 0 Å². The fourth-order valence-electron chi connectivity index (χ4n) is 3.71. The number of anilines is 2. The van der Waals surface area contributed by atoms with Crippen LogP contribution >= 0.6 is 11.6 Å². The molecule has 3 rings (SSSR count). The summed E-state index contributed by atoms with van der Waals surface area (Å²) < 4.78 is 5.02. The first-order chi connectivity index (χ1) is 15.9. The number of rotatable bonds is 11. The lowest BCUT2D eigenvalue weighted by Crippen LogP contribution is -2.49.